The highest BCUT2D eigenvalue weighted by atomic mass is 15.3. The second kappa shape index (κ2) is 7.16. The van der Waals surface area contributed by atoms with E-state index in [4.69, 9.17) is 5.26 Å². The molecule has 1 aliphatic heterocycles. The lowest BCUT2D eigenvalue weighted by Gasteiger charge is -2.36. The summed E-state index contributed by atoms with van der Waals surface area (Å²) in [5.41, 5.74) is 1.89. The first-order valence-corrected chi connectivity index (χ1v) is 7.31. The van der Waals surface area contributed by atoms with E-state index in [0.29, 0.717) is 0 Å². The molecule has 0 amide bonds. The molecule has 19 heavy (non-hydrogen) atoms. The number of nitriles is 1. The van der Waals surface area contributed by atoms with Crippen molar-refractivity contribution in [2.75, 3.05) is 37.6 Å². The predicted octanol–water partition coefficient (Wildman–Crippen LogP) is 2.87. The van der Waals surface area contributed by atoms with Crippen LogP contribution in [0.15, 0.2) is 24.3 Å². The van der Waals surface area contributed by atoms with Gasteiger partial charge in [0.1, 0.15) is 6.07 Å². The molecule has 0 spiro atoms. The summed E-state index contributed by atoms with van der Waals surface area (Å²) in [4.78, 5) is 4.88. The van der Waals surface area contributed by atoms with Crippen LogP contribution in [0.3, 0.4) is 0 Å². The SMILES string of the molecule is CCCCCN1CCN(c2ccccc2C#N)CC1. The van der Waals surface area contributed by atoms with Gasteiger partial charge in [0.25, 0.3) is 0 Å². The van der Waals surface area contributed by atoms with Crippen molar-refractivity contribution < 1.29 is 0 Å². The lowest BCUT2D eigenvalue weighted by Crippen LogP contribution is -2.46. The zero-order valence-corrected chi connectivity index (χ0v) is 11.8. The van der Waals surface area contributed by atoms with E-state index in [-0.39, 0.29) is 0 Å². The van der Waals surface area contributed by atoms with E-state index in [9.17, 15) is 0 Å². The van der Waals surface area contributed by atoms with Gasteiger partial charge in [-0.1, -0.05) is 31.9 Å². The molecule has 0 atom stereocenters. The van der Waals surface area contributed by atoms with Gasteiger partial charge < -0.3 is 4.90 Å². The normalized spacial score (nSPS) is 16.3. The number of hydrogen-bond acceptors (Lipinski definition) is 3. The molecular formula is C16H23N3. The molecule has 0 aromatic heterocycles. The number of piperazine rings is 1. The summed E-state index contributed by atoms with van der Waals surface area (Å²) in [6, 6.07) is 10.2. The minimum absolute atomic E-state index is 0.793. The lowest BCUT2D eigenvalue weighted by atomic mass is 10.1. The van der Waals surface area contributed by atoms with Gasteiger partial charge in [-0.25, -0.2) is 0 Å². The molecule has 2 rings (SSSR count). The average Bonchev–Trinajstić information content (AvgIpc) is 2.48. The molecule has 0 radical (unpaired) electrons. The molecule has 1 saturated heterocycles. The van der Waals surface area contributed by atoms with E-state index in [0.717, 1.165) is 37.4 Å². The van der Waals surface area contributed by atoms with E-state index in [1.54, 1.807) is 0 Å². The smallest absolute Gasteiger partial charge is 0.101 e. The van der Waals surface area contributed by atoms with Gasteiger partial charge in [-0.3, -0.25) is 4.90 Å². The molecule has 102 valence electrons. The Morgan fingerprint density at radius 3 is 2.53 bits per heavy atom. The number of para-hydroxylation sites is 1. The van der Waals surface area contributed by atoms with Gasteiger partial charge in [-0.2, -0.15) is 5.26 Å². The molecule has 0 saturated carbocycles. The fourth-order valence-electron chi connectivity index (χ4n) is 2.64. The Morgan fingerprint density at radius 2 is 1.84 bits per heavy atom. The molecule has 1 fully saturated rings. The van der Waals surface area contributed by atoms with E-state index < -0.39 is 0 Å². The van der Waals surface area contributed by atoms with Crippen LogP contribution in [0, 0.1) is 11.3 Å². The summed E-state index contributed by atoms with van der Waals surface area (Å²) in [5.74, 6) is 0. The Hall–Kier alpha value is -1.53. The fourth-order valence-corrected chi connectivity index (χ4v) is 2.64. The van der Waals surface area contributed by atoms with Crippen LogP contribution in [0.5, 0.6) is 0 Å². The third-order valence-electron chi connectivity index (χ3n) is 3.82. The van der Waals surface area contributed by atoms with E-state index >= 15 is 0 Å². The van der Waals surface area contributed by atoms with Crippen LogP contribution in [0.25, 0.3) is 0 Å². The Morgan fingerprint density at radius 1 is 1.11 bits per heavy atom. The van der Waals surface area contributed by atoms with Crippen molar-refractivity contribution in [3.63, 3.8) is 0 Å². The van der Waals surface area contributed by atoms with Crippen LogP contribution >= 0.6 is 0 Å². The van der Waals surface area contributed by atoms with Crippen molar-refractivity contribution in [1.29, 1.82) is 5.26 Å². The largest absolute Gasteiger partial charge is 0.368 e. The van der Waals surface area contributed by atoms with Gasteiger partial charge in [0, 0.05) is 26.2 Å². The highest BCUT2D eigenvalue weighted by molar-refractivity contribution is 5.59. The maximum atomic E-state index is 9.16. The number of hydrogen-bond donors (Lipinski definition) is 0. The zero-order valence-electron chi connectivity index (χ0n) is 11.8. The van der Waals surface area contributed by atoms with E-state index in [2.05, 4.69) is 28.9 Å². The van der Waals surface area contributed by atoms with E-state index in [1.165, 1.54) is 25.8 Å². The molecule has 1 aliphatic rings. The van der Waals surface area contributed by atoms with E-state index in [1.807, 2.05) is 18.2 Å². The molecule has 3 nitrogen and oxygen atoms in total. The first-order chi connectivity index (χ1) is 9.35. The lowest BCUT2D eigenvalue weighted by molar-refractivity contribution is 0.252. The average molecular weight is 257 g/mol. The Labute approximate surface area is 116 Å². The standard InChI is InChI=1S/C16H23N3/c1-2-3-6-9-18-10-12-19(13-11-18)16-8-5-4-7-15(16)14-17/h4-5,7-8H,2-3,6,9-13H2,1H3. The quantitative estimate of drug-likeness (QED) is 0.760. The zero-order chi connectivity index (χ0) is 13.5. The summed E-state index contributed by atoms with van der Waals surface area (Å²) >= 11 is 0. The minimum atomic E-state index is 0.793. The highest BCUT2D eigenvalue weighted by Crippen LogP contribution is 2.21. The summed E-state index contributed by atoms with van der Waals surface area (Å²) in [6.45, 7) is 7.76. The summed E-state index contributed by atoms with van der Waals surface area (Å²) in [5, 5.41) is 9.16. The third-order valence-corrected chi connectivity index (χ3v) is 3.82. The third kappa shape index (κ3) is 3.71. The van der Waals surface area contributed by atoms with Crippen molar-refractivity contribution >= 4 is 5.69 Å². The Bertz CT molecular complexity index is 428. The number of nitrogens with zero attached hydrogens (tertiary/aromatic N) is 3. The molecular weight excluding hydrogens is 234 g/mol. The monoisotopic (exact) mass is 257 g/mol. The second-order valence-electron chi connectivity index (χ2n) is 5.16. The predicted molar refractivity (Wildman–Crippen MR) is 79.3 cm³/mol. The van der Waals surface area contributed by atoms with Crippen LogP contribution < -0.4 is 4.90 Å². The Kier molecular flexibility index (Phi) is 5.23. The van der Waals surface area contributed by atoms with Crippen molar-refractivity contribution in [2.24, 2.45) is 0 Å². The number of rotatable bonds is 5. The Balaban J connectivity index is 1.88. The number of anilines is 1. The van der Waals surface area contributed by atoms with Crippen molar-refractivity contribution in [3.8, 4) is 6.07 Å². The number of unbranched alkanes of at least 4 members (excludes halogenated alkanes) is 2. The molecule has 0 N–H and O–H groups in total. The van der Waals surface area contributed by atoms with Gasteiger partial charge in [0.2, 0.25) is 0 Å². The van der Waals surface area contributed by atoms with Gasteiger partial charge >= 0.3 is 0 Å². The van der Waals surface area contributed by atoms with Crippen LogP contribution in [0.2, 0.25) is 0 Å². The first kappa shape index (κ1) is 13.9. The van der Waals surface area contributed by atoms with Crippen LogP contribution in [0.4, 0.5) is 5.69 Å². The van der Waals surface area contributed by atoms with Crippen molar-refractivity contribution in [2.45, 2.75) is 26.2 Å². The van der Waals surface area contributed by atoms with Crippen LogP contribution in [-0.4, -0.2) is 37.6 Å². The van der Waals surface area contributed by atoms with Crippen LogP contribution in [-0.2, 0) is 0 Å². The van der Waals surface area contributed by atoms with Crippen LogP contribution in [0.1, 0.15) is 31.7 Å². The fraction of sp³-hybridized carbons (Fsp3) is 0.562. The minimum Gasteiger partial charge on any atom is -0.368 e. The van der Waals surface area contributed by atoms with Gasteiger partial charge in [-0.05, 0) is 25.1 Å². The van der Waals surface area contributed by atoms with Crippen molar-refractivity contribution in [3.05, 3.63) is 29.8 Å². The maximum absolute atomic E-state index is 9.16. The summed E-state index contributed by atoms with van der Waals surface area (Å²) in [6.07, 6.45) is 3.93. The molecule has 0 unspecified atom stereocenters. The molecule has 3 heteroatoms. The van der Waals surface area contributed by atoms with Gasteiger partial charge in [-0.15, -0.1) is 0 Å². The highest BCUT2D eigenvalue weighted by Gasteiger charge is 2.18. The summed E-state index contributed by atoms with van der Waals surface area (Å²) in [7, 11) is 0. The molecule has 0 aliphatic carbocycles. The molecule has 1 heterocycles. The molecule has 0 bridgehead atoms. The molecule has 1 aromatic rings. The topological polar surface area (TPSA) is 30.3 Å². The molecule has 1 aromatic carbocycles. The van der Waals surface area contributed by atoms with Crippen molar-refractivity contribution in [1.82, 2.24) is 4.90 Å². The van der Waals surface area contributed by atoms with Gasteiger partial charge in [0.05, 0.1) is 11.3 Å². The second-order valence-corrected chi connectivity index (χ2v) is 5.16. The maximum Gasteiger partial charge on any atom is 0.101 e. The number of benzene rings is 1. The summed E-state index contributed by atoms with van der Waals surface area (Å²) < 4.78 is 0. The van der Waals surface area contributed by atoms with Gasteiger partial charge in [0.15, 0.2) is 0 Å². The first-order valence-electron chi connectivity index (χ1n) is 7.31.